The first-order chi connectivity index (χ1) is 15.2. The zero-order chi connectivity index (χ0) is 21.9. The fraction of sp³-hybridized carbons (Fsp3) is 0.522. The molecule has 2 N–H and O–H groups in total. The quantitative estimate of drug-likeness (QED) is 0.504. The lowest BCUT2D eigenvalue weighted by Crippen LogP contribution is -2.27. The van der Waals surface area contributed by atoms with Crippen LogP contribution in [0.5, 0.6) is 0 Å². The Kier molecular flexibility index (Phi) is 9.05. The average molecular weight is 429 g/mol. The topological polar surface area (TPSA) is 98.5 Å². The third-order valence-corrected chi connectivity index (χ3v) is 5.17. The predicted molar refractivity (Wildman–Crippen MR) is 117 cm³/mol. The molecule has 8 heteroatoms. The first kappa shape index (κ1) is 23.0. The van der Waals surface area contributed by atoms with Gasteiger partial charge in [-0.3, -0.25) is 4.57 Å². The molecule has 168 valence electrons. The largest absolute Gasteiger partial charge is 0.443 e. The van der Waals surface area contributed by atoms with E-state index in [0.717, 1.165) is 55.0 Å². The highest BCUT2D eigenvalue weighted by Crippen LogP contribution is 2.24. The van der Waals surface area contributed by atoms with Crippen LogP contribution in [-0.2, 0) is 22.5 Å². The van der Waals surface area contributed by atoms with Gasteiger partial charge in [0.15, 0.2) is 0 Å². The van der Waals surface area contributed by atoms with Crippen molar-refractivity contribution in [3.63, 3.8) is 0 Å². The molecule has 1 amide bonds. The molecular formula is C23H32N4O4. The standard InChI is InChI=1S/C23H32N4O4/c1-18(15-30-16-19-9-4-2-5-10-19)22-26-25-21-12-8-11-20(27(21)22)17-31-23(29)24-13-6-3-7-14-28/h2,4-5,9-11,18,28H,3,6-8,12-17H2,1H3,(H,24,29)/t18-/m1/s1. The number of allylic oxidation sites excluding steroid dienone is 1. The molecule has 0 aliphatic carbocycles. The Hall–Kier alpha value is -2.71. The zero-order valence-corrected chi connectivity index (χ0v) is 18.1. The van der Waals surface area contributed by atoms with E-state index in [1.165, 1.54) is 0 Å². The summed E-state index contributed by atoms with van der Waals surface area (Å²) in [6, 6.07) is 10.1. The van der Waals surface area contributed by atoms with Crippen LogP contribution in [0.1, 0.15) is 55.7 Å². The maximum atomic E-state index is 12.0. The molecule has 3 rings (SSSR count). The van der Waals surface area contributed by atoms with Crippen molar-refractivity contribution in [1.29, 1.82) is 0 Å². The molecule has 8 nitrogen and oxygen atoms in total. The van der Waals surface area contributed by atoms with Crippen LogP contribution in [0.15, 0.2) is 36.4 Å². The Morgan fingerprint density at radius 3 is 2.84 bits per heavy atom. The molecule has 1 aromatic carbocycles. The Morgan fingerprint density at radius 2 is 2.03 bits per heavy atom. The normalized spacial score (nSPS) is 13.9. The molecule has 0 saturated carbocycles. The second kappa shape index (κ2) is 12.2. The van der Waals surface area contributed by atoms with Crippen molar-refractivity contribution in [3.05, 3.63) is 53.6 Å². The van der Waals surface area contributed by atoms with Crippen LogP contribution in [0.3, 0.4) is 0 Å². The number of carbonyl (C=O) groups excluding carboxylic acids is 1. The monoisotopic (exact) mass is 428 g/mol. The van der Waals surface area contributed by atoms with Crippen molar-refractivity contribution in [2.75, 3.05) is 26.4 Å². The minimum Gasteiger partial charge on any atom is -0.443 e. The van der Waals surface area contributed by atoms with Gasteiger partial charge in [-0.15, -0.1) is 10.2 Å². The van der Waals surface area contributed by atoms with Gasteiger partial charge in [0.25, 0.3) is 0 Å². The van der Waals surface area contributed by atoms with E-state index in [4.69, 9.17) is 14.6 Å². The number of unbranched alkanes of at least 4 members (excludes halogenated alkanes) is 2. The number of nitrogens with zero attached hydrogens (tertiary/aromatic N) is 3. The molecule has 1 aromatic heterocycles. The number of nitrogens with one attached hydrogen (secondary N) is 1. The first-order valence-corrected chi connectivity index (χ1v) is 11.0. The molecule has 1 aliphatic rings. The molecule has 0 saturated heterocycles. The van der Waals surface area contributed by atoms with Crippen LogP contribution in [0.25, 0.3) is 5.70 Å². The number of aryl methyl sites for hydroxylation is 1. The second-order valence-electron chi connectivity index (χ2n) is 7.73. The molecule has 0 bridgehead atoms. The van der Waals surface area contributed by atoms with Crippen molar-refractivity contribution in [2.24, 2.45) is 0 Å². The Labute approximate surface area is 183 Å². The smallest absolute Gasteiger partial charge is 0.407 e. The number of alkyl carbamates (subject to hydrolysis) is 1. The third-order valence-electron chi connectivity index (χ3n) is 5.17. The number of fused-ring (bicyclic) bond motifs is 1. The van der Waals surface area contributed by atoms with E-state index >= 15 is 0 Å². The Morgan fingerprint density at radius 1 is 1.19 bits per heavy atom. The first-order valence-electron chi connectivity index (χ1n) is 11.0. The van der Waals surface area contributed by atoms with Crippen LogP contribution in [0.2, 0.25) is 0 Å². The van der Waals surface area contributed by atoms with Crippen molar-refractivity contribution < 1.29 is 19.4 Å². The second-order valence-corrected chi connectivity index (χ2v) is 7.73. The number of benzene rings is 1. The van der Waals surface area contributed by atoms with Crippen LogP contribution in [0.4, 0.5) is 4.79 Å². The molecule has 0 unspecified atom stereocenters. The molecular weight excluding hydrogens is 396 g/mol. The number of aromatic nitrogens is 3. The van der Waals surface area contributed by atoms with Crippen molar-refractivity contribution in [3.8, 4) is 0 Å². The molecule has 2 aromatic rings. The molecule has 2 heterocycles. The van der Waals surface area contributed by atoms with Crippen molar-refractivity contribution >= 4 is 11.8 Å². The van der Waals surface area contributed by atoms with Crippen LogP contribution in [0, 0.1) is 0 Å². The number of hydrogen-bond acceptors (Lipinski definition) is 6. The van der Waals surface area contributed by atoms with Gasteiger partial charge in [-0.25, -0.2) is 4.79 Å². The van der Waals surface area contributed by atoms with Crippen LogP contribution in [-0.4, -0.2) is 52.3 Å². The Balaban J connectivity index is 1.51. The number of amides is 1. The van der Waals surface area contributed by atoms with E-state index in [1.54, 1.807) is 0 Å². The number of hydrogen-bond donors (Lipinski definition) is 2. The summed E-state index contributed by atoms with van der Waals surface area (Å²) in [5, 5.41) is 20.3. The molecule has 0 radical (unpaired) electrons. The lowest BCUT2D eigenvalue weighted by molar-refractivity contribution is 0.108. The zero-order valence-electron chi connectivity index (χ0n) is 18.1. The maximum absolute atomic E-state index is 12.0. The van der Waals surface area contributed by atoms with Gasteiger partial charge in [-0.05, 0) is 31.2 Å². The SMILES string of the molecule is C[C@H](COCc1ccccc1)c1nnc2n1C(COC(=O)NCCCCCO)=CCC2. The summed E-state index contributed by atoms with van der Waals surface area (Å²) in [7, 11) is 0. The average Bonchev–Trinajstić information content (AvgIpc) is 3.23. The van der Waals surface area contributed by atoms with Gasteiger partial charge in [-0.1, -0.05) is 43.3 Å². The van der Waals surface area contributed by atoms with E-state index in [0.29, 0.717) is 19.8 Å². The van der Waals surface area contributed by atoms with Gasteiger partial charge >= 0.3 is 6.09 Å². The number of aliphatic hydroxyl groups is 1. The summed E-state index contributed by atoms with van der Waals surface area (Å²) >= 11 is 0. The number of ether oxygens (including phenoxy) is 2. The van der Waals surface area contributed by atoms with Gasteiger partial charge in [0.1, 0.15) is 18.3 Å². The number of aliphatic hydroxyl groups excluding tert-OH is 1. The minimum atomic E-state index is -0.439. The van der Waals surface area contributed by atoms with E-state index in [1.807, 2.05) is 34.9 Å². The predicted octanol–water partition coefficient (Wildman–Crippen LogP) is 3.27. The fourth-order valence-electron chi connectivity index (χ4n) is 3.50. The summed E-state index contributed by atoms with van der Waals surface area (Å²) in [5.74, 6) is 1.75. The number of carbonyl (C=O) groups is 1. The summed E-state index contributed by atoms with van der Waals surface area (Å²) in [4.78, 5) is 12.0. The van der Waals surface area contributed by atoms with Crippen molar-refractivity contribution in [1.82, 2.24) is 20.1 Å². The maximum Gasteiger partial charge on any atom is 0.407 e. The fourth-order valence-corrected chi connectivity index (χ4v) is 3.50. The summed E-state index contributed by atoms with van der Waals surface area (Å²) in [6.07, 6.45) is 5.73. The highest BCUT2D eigenvalue weighted by molar-refractivity contribution is 5.68. The molecule has 1 atom stereocenters. The highest BCUT2D eigenvalue weighted by Gasteiger charge is 2.23. The van der Waals surface area contributed by atoms with Gasteiger partial charge in [0.05, 0.1) is 18.9 Å². The van der Waals surface area contributed by atoms with E-state index in [2.05, 4.69) is 28.5 Å². The van der Waals surface area contributed by atoms with E-state index in [-0.39, 0.29) is 19.1 Å². The van der Waals surface area contributed by atoms with E-state index < -0.39 is 6.09 Å². The summed E-state index contributed by atoms with van der Waals surface area (Å²) in [5.41, 5.74) is 2.01. The van der Waals surface area contributed by atoms with Gasteiger partial charge in [0.2, 0.25) is 0 Å². The molecule has 1 aliphatic heterocycles. The lowest BCUT2D eigenvalue weighted by atomic mass is 10.1. The molecule has 0 fully saturated rings. The lowest BCUT2D eigenvalue weighted by Gasteiger charge is -2.20. The number of rotatable bonds is 12. The molecule has 31 heavy (non-hydrogen) atoms. The van der Waals surface area contributed by atoms with Gasteiger partial charge < -0.3 is 19.9 Å². The summed E-state index contributed by atoms with van der Waals surface area (Å²) < 4.78 is 13.3. The third kappa shape index (κ3) is 6.90. The van der Waals surface area contributed by atoms with Crippen LogP contribution >= 0.6 is 0 Å². The minimum absolute atomic E-state index is 0.0480. The van der Waals surface area contributed by atoms with E-state index in [9.17, 15) is 4.79 Å². The van der Waals surface area contributed by atoms with Crippen LogP contribution < -0.4 is 5.32 Å². The Bertz CT molecular complexity index is 851. The highest BCUT2D eigenvalue weighted by atomic mass is 16.5. The summed E-state index contributed by atoms with van der Waals surface area (Å²) in [6.45, 7) is 4.02. The van der Waals surface area contributed by atoms with Gasteiger partial charge in [0, 0.05) is 25.5 Å². The molecule has 0 spiro atoms. The van der Waals surface area contributed by atoms with Gasteiger partial charge in [-0.2, -0.15) is 0 Å². The van der Waals surface area contributed by atoms with Crippen molar-refractivity contribution in [2.45, 2.75) is 51.6 Å².